The molecule has 158 valence electrons. The quantitative estimate of drug-likeness (QED) is 0.635. The third-order valence-corrected chi connectivity index (χ3v) is 6.12. The lowest BCUT2D eigenvalue weighted by atomic mass is 10.1. The number of carbonyl (C=O) groups is 3. The van der Waals surface area contributed by atoms with Crippen LogP contribution < -0.4 is 15.5 Å². The molecule has 2 N–H and O–H groups in total. The normalized spacial score (nSPS) is 15.7. The molecule has 8 heteroatoms. The van der Waals surface area contributed by atoms with E-state index in [1.807, 2.05) is 32.0 Å². The molecule has 0 spiro atoms. The maximum atomic E-state index is 12.7. The second kappa shape index (κ2) is 8.69. The lowest BCUT2D eigenvalue weighted by molar-refractivity contribution is -0.122. The summed E-state index contributed by atoms with van der Waals surface area (Å²) in [5, 5.41) is 7.88. The van der Waals surface area contributed by atoms with Crippen molar-refractivity contribution in [3.63, 3.8) is 0 Å². The summed E-state index contributed by atoms with van der Waals surface area (Å²) >= 11 is 1.34. The summed E-state index contributed by atoms with van der Waals surface area (Å²) in [6, 6.07) is 12.5. The van der Waals surface area contributed by atoms with Gasteiger partial charge in [0, 0.05) is 41.5 Å². The van der Waals surface area contributed by atoms with E-state index in [1.165, 1.54) is 11.3 Å². The zero-order valence-electron chi connectivity index (χ0n) is 17.2. The smallest absolute Gasteiger partial charge is 0.257 e. The minimum atomic E-state index is -0.430. The third-order valence-electron chi connectivity index (χ3n) is 5.43. The van der Waals surface area contributed by atoms with E-state index in [-0.39, 0.29) is 24.1 Å². The molecule has 2 heterocycles. The second-order valence-electron chi connectivity index (χ2n) is 7.48. The fraction of sp³-hybridized carbons (Fsp3) is 0.217. The SMILES string of the molecule is Cc1cccc(N2C[C@@H](C(=O)Nc3ccc(C(=O)Nc4nccs4)cc3)CC2=O)c1C. The number of nitrogens with one attached hydrogen (secondary N) is 2. The molecule has 4 rings (SSSR count). The Kier molecular flexibility index (Phi) is 5.81. The Balaban J connectivity index is 1.39. The van der Waals surface area contributed by atoms with Crippen LogP contribution in [0.15, 0.2) is 54.0 Å². The molecule has 0 unspecified atom stereocenters. The molecule has 3 aromatic rings. The van der Waals surface area contributed by atoms with Crippen molar-refractivity contribution in [3.05, 3.63) is 70.7 Å². The van der Waals surface area contributed by atoms with Crippen LogP contribution in [0.2, 0.25) is 0 Å². The molecule has 3 amide bonds. The van der Waals surface area contributed by atoms with Crippen molar-refractivity contribution in [2.45, 2.75) is 20.3 Å². The van der Waals surface area contributed by atoms with Gasteiger partial charge in [0.1, 0.15) is 0 Å². The summed E-state index contributed by atoms with van der Waals surface area (Å²) in [7, 11) is 0. The molecule has 1 aromatic heterocycles. The molecule has 7 nitrogen and oxygen atoms in total. The van der Waals surface area contributed by atoms with Crippen molar-refractivity contribution in [1.82, 2.24) is 4.98 Å². The van der Waals surface area contributed by atoms with E-state index in [2.05, 4.69) is 15.6 Å². The summed E-state index contributed by atoms with van der Waals surface area (Å²) in [6.45, 7) is 4.34. The summed E-state index contributed by atoms with van der Waals surface area (Å²) in [4.78, 5) is 43.3. The average molecular weight is 435 g/mol. The van der Waals surface area contributed by atoms with Crippen LogP contribution in [0.3, 0.4) is 0 Å². The Morgan fingerprint density at radius 1 is 1.10 bits per heavy atom. The van der Waals surface area contributed by atoms with Gasteiger partial charge in [-0.15, -0.1) is 11.3 Å². The van der Waals surface area contributed by atoms with Gasteiger partial charge in [-0.25, -0.2) is 4.98 Å². The number of benzene rings is 2. The van der Waals surface area contributed by atoms with Gasteiger partial charge < -0.3 is 10.2 Å². The maximum absolute atomic E-state index is 12.7. The van der Waals surface area contributed by atoms with Gasteiger partial charge in [0.25, 0.3) is 5.91 Å². The zero-order valence-corrected chi connectivity index (χ0v) is 18.0. The summed E-state index contributed by atoms with van der Waals surface area (Å²) in [5.41, 5.74) is 4.05. The van der Waals surface area contributed by atoms with Gasteiger partial charge in [-0.3, -0.25) is 19.7 Å². The van der Waals surface area contributed by atoms with Gasteiger partial charge in [0.2, 0.25) is 11.8 Å². The lowest BCUT2D eigenvalue weighted by Gasteiger charge is -2.20. The van der Waals surface area contributed by atoms with E-state index >= 15 is 0 Å². The number of aromatic nitrogens is 1. The Labute approximate surface area is 184 Å². The lowest BCUT2D eigenvalue weighted by Crippen LogP contribution is -2.28. The zero-order chi connectivity index (χ0) is 22.0. The van der Waals surface area contributed by atoms with Crippen LogP contribution >= 0.6 is 11.3 Å². The number of thiazole rings is 1. The van der Waals surface area contributed by atoms with Gasteiger partial charge in [-0.05, 0) is 55.3 Å². The first-order valence-electron chi connectivity index (χ1n) is 9.90. The van der Waals surface area contributed by atoms with Gasteiger partial charge in [0.15, 0.2) is 5.13 Å². The molecule has 2 aromatic carbocycles. The maximum Gasteiger partial charge on any atom is 0.257 e. The van der Waals surface area contributed by atoms with E-state index in [0.29, 0.717) is 22.9 Å². The van der Waals surface area contributed by atoms with Gasteiger partial charge >= 0.3 is 0 Å². The van der Waals surface area contributed by atoms with Crippen LogP contribution in [0.1, 0.15) is 27.9 Å². The first kappa shape index (κ1) is 20.7. The van der Waals surface area contributed by atoms with Gasteiger partial charge in [-0.1, -0.05) is 12.1 Å². The van der Waals surface area contributed by atoms with Crippen LogP contribution in [0.25, 0.3) is 0 Å². The van der Waals surface area contributed by atoms with Crippen LogP contribution in [0.4, 0.5) is 16.5 Å². The standard InChI is InChI=1S/C23H22N4O3S/c1-14-4-3-5-19(15(14)2)27-13-17(12-20(27)28)22(30)25-18-8-6-16(7-9-18)21(29)26-23-24-10-11-31-23/h3-11,17H,12-13H2,1-2H3,(H,25,30)(H,24,26,29)/t17-/m0/s1. The number of hydrogen-bond donors (Lipinski definition) is 2. The molecular formula is C23H22N4O3S. The van der Waals surface area contributed by atoms with Crippen molar-refractivity contribution >= 4 is 45.6 Å². The largest absolute Gasteiger partial charge is 0.326 e. The number of rotatable bonds is 5. The van der Waals surface area contributed by atoms with E-state index < -0.39 is 5.92 Å². The molecular weight excluding hydrogens is 412 g/mol. The van der Waals surface area contributed by atoms with E-state index in [1.54, 1.807) is 40.7 Å². The highest BCUT2D eigenvalue weighted by atomic mass is 32.1. The molecule has 1 aliphatic rings. The summed E-state index contributed by atoms with van der Waals surface area (Å²) in [5.74, 6) is -0.956. The van der Waals surface area contributed by atoms with Crippen molar-refractivity contribution in [1.29, 1.82) is 0 Å². The molecule has 0 saturated carbocycles. The van der Waals surface area contributed by atoms with Crippen molar-refractivity contribution < 1.29 is 14.4 Å². The molecule has 0 aliphatic carbocycles. The molecule has 1 fully saturated rings. The number of aryl methyl sites for hydroxylation is 1. The Hall–Kier alpha value is -3.52. The predicted molar refractivity (Wildman–Crippen MR) is 122 cm³/mol. The highest BCUT2D eigenvalue weighted by Gasteiger charge is 2.35. The molecule has 31 heavy (non-hydrogen) atoms. The molecule has 0 bridgehead atoms. The number of anilines is 3. The minimum Gasteiger partial charge on any atom is -0.326 e. The summed E-state index contributed by atoms with van der Waals surface area (Å²) in [6.07, 6.45) is 1.79. The van der Waals surface area contributed by atoms with Crippen LogP contribution in [0, 0.1) is 19.8 Å². The minimum absolute atomic E-state index is 0.0527. The first-order chi connectivity index (χ1) is 14.9. The van der Waals surface area contributed by atoms with E-state index in [9.17, 15) is 14.4 Å². The third kappa shape index (κ3) is 4.49. The second-order valence-corrected chi connectivity index (χ2v) is 8.38. The Bertz CT molecular complexity index is 1130. The monoisotopic (exact) mass is 434 g/mol. The highest BCUT2D eigenvalue weighted by Crippen LogP contribution is 2.30. The molecule has 0 radical (unpaired) electrons. The van der Waals surface area contributed by atoms with Crippen LogP contribution in [-0.4, -0.2) is 29.3 Å². The number of carbonyl (C=O) groups excluding carboxylic acids is 3. The number of hydrogen-bond acceptors (Lipinski definition) is 5. The summed E-state index contributed by atoms with van der Waals surface area (Å²) < 4.78 is 0. The number of nitrogens with zero attached hydrogens (tertiary/aromatic N) is 2. The van der Waals surface area contributed by atoms with Crippen LogP contribution in [-0.2, 0) is 9.59 Å². The predicted octanol–water partition coefficient (Wildman–Crippen LogP) is 4.00. The van der Waals surface area contributed by atoms with E-state index in [4.69, 9.17) is 0 Å². The Morgan fingerprint density at radius 3 is 2.58 bits per heavy atom. The van der Waals surface area contributed by atoms with Crippen molar-refractivity contribution in [3.8, 4) is 0 Å². The highest BCUT2D eigenvalue weighted by molar-refractivity contribution is 7.13. The van der Waals surface area contributed by atoms with Crippen molar-refractivity contribution in [2.24, 2.45) is 5.92 Å². The van der Waals surface area contributed by atoms with Gasteiger partial charge in [0.05, 0.1) is 5.92 Å². The Morgan fingerprint density at radius 2 is 1.87 bits per heavy atom. The van der Waals surface area contributed by atoms with Crippen LogP contribution in [0.5, 0.6) is 0 Å². The first-order valence-corrected chi connectivity index (χ1v) is 10.8. The van der Waals surface area contributed by atoms with E-state index in [0.717, 1.165) is 16.8 Å². The fourth-order valence-electron chi connectivity index (χ4n) is 3.55. The molecule has 1 saturated heterocycles. The molecule has 1 aliphatic heterocycles. The van der Waals surface area contributed by atoms with Crippen molar-refractivity contribution in [2.75, 3.05) is 22.1 Å². The average Bonchev–Trinajstić information content (AvgIpc) is 3.40. The van der Waals surface area contributed by atoms with Gasteiger partial charge in [-0.2, -0.15) is 0 Å². The molecule has 1 atom stereocenters. The number of amides is 3. The fourth-order valence-corrected chi connectivity index (χ4v) is 4.07. The topological polar surface area (TPSA) is 91.4 Å².